The lowest BCUT2D eigenvalue weighted by Gasteiger charge is -2.26. The number of aromatic nitrogens is 3. The average molecular weight is 258 g/mol. The van der Waals surface area contributed by atoms with Gasteiger partial charge in [-0.1, -0.05) is 6.07 Å². The summed E-state index contributed by atoms with van der Waals surface area (Å²) in [5.74, 6) is -0.0435. The molecule has 1 aliphatic rings. The summed E-state index contributed by atoms with van der Waals surface area (Å²) < 4.78 is 5.23. The number of H-pyrrole nitrogens is 1. The Hall–Kier alpha value is -2.21. The maximum atomic E-state index is 12.2. The lowest BCUT2D eigenvalue weighted by molar-refractivity contribution is 0.0299. The topological polar surface area (TPSA) is 71.1 Å². The molecular formula is C13H14N4O2. The average Bonchev–Trinajstić information content (AvgIpc) is 2.98. The zero-order valence-electron chi connectivity index (χ0n) is 10.4. The summed E-state index contributed by atoms with van der Waals surface area (Å²) in [5, 5.41) is 6.92. The number of pyridine rings is 1. The van der Waals surface area contributed by atoms with E-state index in [0.29, 0.717) is 37.7 Å². The minimum absolute atomic E-state index is 0.0435. The van der Waals surface area contributed by atoms with Gasteiger partial charge in [-0.05, 0) is 18.2 Å². The van der Waals surface area contributed by atoms with Crippen molar-refractivity contribution in [3.05, 3.63) is 36.2 Å². The van der Waals surface area contributed by atoms with Gasteiger partial charge in [0, 0.05) is 19.3 Å². The summed E-state index contributed by atoms with van der Waals surface area (Å²) in [6.45, 7) is 2.42. The monoisotopic (exact) mass is 258 g/mol. The Morgan fingerprint density at radius 1 is 1.26 bits per heavy atom. The van der Waals surface area contributed by atoms with Crippen molar-refractivity contribution in [2.45, 2.75) is 0 Å². The van der Waals surface area contributed by atoms with Gasteiger partial charge in [0.05, 0.1) is 18.9 Å². The van der Waals surface area contributed by atoms with Crippen LogP contribution in [0.2, 0.25) is 0 Å². The Bertz CT molecular complexity index is 561. The number of hydrogen-bond donors (Lipinski definition) is 1. The van der Waals surface area contributed by atoms with E-state index in [2.05, 4.69) is 15.2 Å². The maximum absolute atomic E-state index is 12.2. The van der Waals surface area contributed by atoms with E-state index >= 15 is 0 Å². The van der Waals surface area contributed by atoms with Gasteiger partial charge in [-0.15, -0.1) is 0 Å². The molecule has 1 amide bonds. The van der Waals surface area contributed by atoms with Crippen molar-refractivity contribution in [3.63, 3.8) is 0 Å². The summed E-state index contributed by atoms with van der Waals surface area (Å²) in [7, 11) is 0. The zero-order valence-corrected chi connectivity index (χ0v) is 10.4. The number of carbonyl (C=O) groups excluding carboxylic acids is 1. The van der Waals surface area contributed by atoms with Crippen molar-refractivity contribution >= 4 is 5.91 Å². The van der Waals surface area contributed by atoms with Gasteiger partial charge in [0.25, 0.3) is 5.91 Å². The van der Waals surface area contributed by atoms with Gasteiger partial charge in [0.2, 0.25) is 0 Å². The van der Waals surface area contributed by atoms with Gasteiger partial charge in [-0.2, -0.15) is 5.10 Å². The number of carbonyl (C=O) groups is 1. The Kier molecular flexibility index (Phi) is 3.24. The molecule has 0 saturated carbocycles. The van der Waals surface area contributed by atoms with Crippen LogP contribution in [0.3, 0.4) is 0 Å². The van der Waals surface area contributed by atoms with Gasteiger partial charge in [-0.25, -0.2) is 0 Å². The fraction of sp³-hybridized carbons (Fsp3) is 0.308. The van der Waals surface area contributed by atoms with E-state index in [9.17, 15) is 4.79 Å². The van der Waals surface area contributed by atoms with Crippen LogP contribution in [-0.4, -0.2) is 52.3 Å². The summed E-state index contributed by atoms with van der Waals surface area (Å²) in [5.41, 5.74) is 1.92. The first-order chi connectivity index (χ1) is 9.34. The van der Waals surface area contributed by atoms with Crippen molar-refractivity contribution < 1.29 is 9.53 Å². The highest BCUT2D eigenvalue weighted by Crippen LogP contribution is 2.15. The first-order valence-electron chi connectivity index (χ1n) is 6.18. The van der Waals surface area contributed by atoms with Crippen LogP contribution < -0.4 is 0 Å². The largest absolute Gasteiger partial charge is 0.378 e. The number of morpholine rings is 1. The second kappa shape index (κ2) is 5.19. The zero-order chi connectivity index (χ0) is 13.1. The predicted octanol–water partition coefficient (Wildman–Crippen LogP) is 0.944. The molecule has 3 heterocycles. The number of aromatic amines is 1. The highest BCUT2D eigenvalue weighted by atomic mass is 16.5. The Balaban J connectivity index is 1.79. The number of rotatable bonds is 2. The van der Waals surface area contributed by atoms with Crippen LogP contribution >= 0.6 is 0 Å². The van der Waals surface area contributed by atoms with Crippen LogP contribution in [0.25, 0.3) is 11.4 Å². The fourth-order valence-electron chi connectivity index (χ4n) is 2.01. The summed E-state index contributed by atoms with van der Waals surface area (Å²) in [6, 6.07) is 7.33. The van der Waals surface area contributed by atoms with Gasteiger partial charge in [0.1, 0.15) is 11.4 Å². The smallest absolute Gasteiger partial charge is 0.272 e. The van der Waals surface area contributed by atoms with Crippen molar-refractivity contribution in [1.82, 2.24) is 20.1 Å². The van der Waals surface area contributed by atoms with E-state index in [1.54, 1.807) is 17.2 Å². The minimum Gasteiger partial charge on any atom is -0.378 e. The Labute approximate surface area is 110 Å². The third kappa shape index (κ3) is 2.48. The predicted molar refractivity (Wildman–Crippen MR) is 68.5 cm³/mol. The van der Waals surface area contributed by atoms with E-state index in [1.807, 2.05) is 18.2 Å². The first-order valence-corrected chi connectivity index (χ1v) is 6.18. The van der Waals surface area contributed by atoms with Crippen LogP contribution in [0.15, 0.2) is 30.5 Å². The molecule has 6 heteroatoms. The standard InChI is InChI=1S/C13H14N4O2/c18-13(17-5-7-19-8-6-17)12-9-11(15-16-12)10-3-1-2-4-14-10/h1-4,9H,5-8H2,(H,15,16). The van der Waals surface area contributed by atoms with E-state index in [0.717, 1.165) is 5.69 Å². The SMILES string of the molecule is O=C(c1cc(-c2ccccn2)n[nH]1)N1CCOCC1. The van der Waals surface area contributed by atoms with Gasteiger partial charge in [-0.3, -0.25) is 14.9 Å². The summed E-state index contributed by atoms with van der Waals surface area (Å²) >= 11 is 0. The van der Waals surface area contributed by atoms with Crippen LogP contribution in [0.5, 0.6) is 0 Å². The lowest BCUT2D eigenvalue weighted by atomic mass is 10.2. The molecular weight excluding hydrogens is 244 g/mol. The second-order valence-electron chi connectivity index (χ2n) is 4.29. The molecule has 0 aliphatic carbocycles. The normalized spacial score (nSPS) is 15.5. The molecule has 2 aromatic heterocycles. The number of hydrogen-bond acceptors (Lipinski definition) is 4. The third-order valence-corrected chi connectivity index (χ3v) is 3.03. The first kappa shape index (κ1) is 11.9. The van der Waals surface area contributed by atoms with Crippen molar-refractivity contribution in [2.24, 2.45) is 0 Å². The Morgan fingerprint density at radius 3 is 2.84 bits per heavy atom. The molecule has 2 aromatic rings. The molecule has 1 aliphatic heterocycles. The van der Waals surface area contributed by atoms with Gasteiger partial charge < -0.3 is 9.64 Å². The third-order valence-electron chi connectivity index (χ3n) is 3.03. The van der Waals surface area contributed by atoms with Crippen LogP contribution in [-0.2, 0) is 4.74 Å². The molecule has 0 bridgehead atoms. The number of amides is 1. The lowest BCUT2D eigenvalue weighted by Crippen LogP contribution is -2.40. The van der Waals surface area contributed by atoms with Gasteiger partial charge >= 0.3 is 0 Å². The summed E-state index contributed by atoms with van der Waals surface area (Å²) in [6.07, 6.45) is 1.70. The Morgan fingerprint density at radius 2 is 2.11 bits per heavy atom. The van der Waals surface area contributed by atoms with Crippen molar-refractivity contribution in [3.8, 4) is 11.4 Å². The van der Waals surface area contributed by atoms with Crippen molar-refractivity contribution in [1.29, 1.82) is 0 Å². The highest BCUT2D eigenvalue weighted by molar-refractivity contribution is 5.93. The van der Waals surface area contributed by atoms with E-state index in [4.69, 9.17) is 4.74 Å². The van der Waals surface area contributed by atoms with Crippen molar-refractivity contribution in [2.75, 3.05) is 26.3 Å². The van der Waals surface area contributed by atoms with Crippen LogP contribution in [0, 0.1) is 0 Å². The maximum Gasteiger partial charge on any atom is 0.272 e. The quantitative estimate of drug-likeness (QED) is 0.870. The second-order valence-corrected chi connectivity index (χ2v) is 4.29. The summed E-state index contributed by atoms with van der Waals surface area (Å²) in [4.78, 5) is 18.2. The molecule has 0 spiro atoms. The van der Waals surface area contributed by atoms with E-state index in [1.165, 1.54) is 0 Å². The molecule has 0 radical (unpaired) electrons. The van der Waals surface area contributed by atoms with Crippen LogP contribution in [0.1, 0.15) is 10.5 Å². The molecule has 98 valence electrons. The van der Waals surface area contributed by atoms with Crippen LogP contribution in [0.4, 0.5) is 0 Å². The van der Waals surface area contributed by atoms with E-state index < -0.39 is 0 Å². The number of nitrogens with zero attached hydrogens (tertiary/aromatic N) is 3. The fourth-order valence-corrected chi connectivity index (χ4v) is 2.01. The molecule has 1 saturated heterocycles. The highest BCUT2D eigenvalue weighted by Gasteiger charge is 2.20. The molecule has 3 rings (SSSR count). The molecule has 1 N–H and O–H groups in total. The molecule has 0 atom stereocenters. The van der Waals surface area contributed by atoms with Gasteiger partial charge in [0.15, 0.2) is 0 Å². The number of ether oxygens (including phenoxy) is 1. The molecule has 0 aromatic carbocycles. The minimum atomic E-state index is -0.0435. The number of nitrogens with one attached hydrogen (secondary N) is 1. The molecule has 6 nitrogen and oxygen atoms in total. The molecule has 0 unspecified atom stereocenters. The molecule has 19 heavy (non-hydrogen) atoms. The van der Waals surface area contributed by atoms with E-state index in [-0.39, 0.29) is 5.91 Å². The molecule has 1 fully saturated rings.